The Morgan fingerprint density at radius 3 is 2.61 bits per heavy atom. The van der Waals surface area contributed by atoms with E-state index in [1.807, 2.05) is 26.8 Å². The van der Waals surface area contributed by atoms with Gasteiger partial charge >= 0.3 is 0 Å². The van der Waals surface area contributed by atoms with Crippen LogP contribution in [0.1, 0.15) is 30.0 Å². The second kappa shape index (κ2) is 5.02. The van der Waals surface area contributed by atoms with Gasteiger partial charge < -0.3 is 9.32 Å². The molecule has 4 heteroatoms. The van der Waals surface area contributed by atoms with Gasteiger partial charge in [0.1, 0.15) is 5.58 Å². The van der Waals surface area contributed by atoms with Crippen LogP contribution in [0, 0.1) is 6.92 Å². The summed E-state index contributed by atoms with van der Waals surface area (Å²) in [6, 6.07) is 5.39. The first-order valence-corrected chi connectivity index (χ1v) is 6.44. The van der Waals surface area contributed by atoms with E-state index in [2.05, 4.69) is 0 Å². The van der Waals surface area contributed by atoms with Crippen LogP contribution in [0.15, 0.2) is 22.6 Å². The number of halogens is 1. The van der Waals surface area contributed by atoms with Gasteiger partial charge in [-0.05, 0) is 39.0 Å². The average molecular weight is 266 g/mol. The van der Waals surface area contributed by atoms with E-state index in [-0.39, 0.29) is 5.91 Å². The third kappa shape index (κ3) is 2.10. The Bertz CT molecular complexity index is 585. The number of aryl methyl sites for hydroxylation is 1. The average Bonchev–Trinajstić information content (AvgIpc) is 2.68. The van der Waals surface area contributed by atoms with Crippen molar-refractivity contribution in [2.75, 3.05) is 13.1 Å². The van der Waals surface area contributed by atoms with Crippen LogP contribution in [0.4, 0.5) is 0 Å². The molecule has 0 aliphatic carbocycles. The Morgan fingerprint density at radius 2 is 2.00 bits per heavy atom. The predicted octanol–water partition coefficient (Wildman–Crippen LogP) is 3.88. The minimum atomic E-state index is -0.0650. The minimum Gasteiger partial charge on any atom is -0.451 e. The molecule has 1 heterocycles. The van der Waals surface area contributed by atoms with E-state index >= 15 is 0 Å². The topological polar surface area (TPSA) is 33.5 Å². The highest BCUT2D eigenvalue weighted by Crippen LogP contribution is 2.28. The number of carbonyl (C=O) groups excluding carboxylic acids is 1. The normalized spacial score (nSPS) is 10.9. The van der Waals surface area contributed by atoms with Crippen molar-refractivity contribution in [3.05, 3.63) is 34.5 Å². The third-order valence-corrected chi connectivity index (χ3v) is 3.38. The monoisotopic (exact) mass is 265 g/mol. The van der Waals surface area contributed by atoms with E-state index < -0.39 is 0 Å². The van der Waals surface area contributed by atoms with Gasteiger partial charge in [-0.2, -0.15) is 0 Å². The maximum atomic E-state index is 12.3. The molecule has 0 unspecified atom stereocenters. The van der Waals surface area contributed by atoms with Crippen molar-refractivity contribution in [3.63, 3.8) is 0 Å². The summed E-state index contributed by atoms with van der Waals surface area (Å²) in [5, 5.41) is 1.55. The first-order chi connectivity index (χ1) is 8.58. The summed E-state index contributed by atoms with van der Waals surface area (Å²) in [6.45, 7) is 7.14. The zero-order valence-electron chi connectivity index (χ0n) is 10.8. The SMILES string of the molecule is CCN(CC)C(=O)c1oc2ccc(Cl)cc2c1C. The molecule has 0 N–H and O–H groups in total. The van der Waals surface area contributed by atoms with Crippen molar-refractivity contribution in [1.82, 2.24) is 4.90 Å². The van der Waals surface area contributed by atoms with Crippen molar-refractivity contribution < 1.29 is 9.21 Å². The molecule has 0 fully saturated rings. The minimum absolute atomic E-state index is 0.0650. The molecule has 1 aromatic carbocycles. The van der Waals surface area contributed by atoms with Gasteiger partial charge in [-0.25, -0.2) is 0 Å². The van der Waals surface area contributed by atoms with E-state index in [9.17, 15) is 4.79 Å². The Morgan fingerprint density at radius 1 is 1.33 bits per heavy atom. The molecule has 2 rings (SSSR count). The summed E-state index contributed by atoms with van der Waals surface area (Å²) < 4.78 is 5.65. The molecule has 1 amide bonds. The first-order valence-electron chi connectivity index (χ1n) is 6.06. The van der Waals surface area contributed by atoms with E-state index in [4.69, 9.17) is 16.0 Å². The third-order valence-electron chi connectivity index (χ3n) is 3.14. The highest BCUT2D eigenvalue weighted by Gasteiger charge is 2.21. The number of hydrogen-bond donors (Lipinski definition) is 0. The predicted molar refractivity (Wildman–Crippen MR) is 73.2 cm³/mol. The van der Waals surface area contributed by atoms with E-state index in [0.717, 1.165) is 10.9 Å². The van der Waals surface area contributed by atoms with Crippen molar-refractivity contribution in [1.29, 1.82) is 0 Å². The molecular weight excluding hydrogens is 250 g/mol. The van der Waals surface area contributed by atoms with Crippen molar-refractivity contribution in [3.8, 4) is 0 Å². The maximum absolute atomic E-state index is 12.3. The van der Waals surface area contributed by atoms with E-state index in [0.29, 0.717) is 29.5 Å². The van der Waals surface area contributed by atoms with Crippen molar-refractivity contribution in [2.24, 2.45) is 0 Å². The number of carbonyl (C=O) groups is 1. The standard InChI is InChI=1S/C14H16ClNO2/c1-4-16(5-2)14(17)13-9(3)11-8-10(15)6-7-12(11)18-13/h6-8H,4-5H2,1-3H3. The molecule has 0 radical (unpaired) electrons. The molecule has 0 saturated carbocycles. The second-order valence-electron chi connectivity index (χ2n) is 4.17. The van der Waals surface area contributed by atoms with Crippen LogP contribution in [-0.2, 0) is 0 Å². The van der Waals surface area contributed by atoms with Crippen molar-refractivity contribution in [2.45, 2.75) is 20.8 Å². The molecule has 2 aromatic rings. The fourth-order valence-corrected chi connectivity index (χ4v) is 2.22. The summed E-state index contributed by atoms with van der Waals surface area (Å²) in [7, 11) is 0. The summed E-state index contributed by atoms with van der Waals surface area (Å²) in [5.74, 6) is 0.348. The number of fused-ring (bicyclic) bond motifs is 1. The summed E-state index contributed by atoms with van der Waals surface area (Å²) >= 11 is 5.96. The summed E-state index contributed by atoms with van der Waals surface area (Å²) in [5.41, 5.74) is 1.55. The number of rotatable bonds is 3. The van der Waals surface area contributed by atoms with Crippen LogP contribution >= 0.6 is 11.6 Å². The van der Waals surface area contributed by atoms with Crippen LogP contribution in [0.2, 0.25) is 5.02 Å². The number of benzene rings is 1. The van der Waals surface area contributed by atoms with Crippen LogP contribution in [0.25, 0.3) is 11.0 Å². The largest absolute Gasteiger partial charge is 0.451 e. The summed E-state index contributed by atoms with van der Waals surface area (Å²) in [4.78, 5) is 14.0. The molecule has 0 saturated heterocycles. The van der Waals surface area contributed by atoms with Crippen LogP contribution in [-0.4, -0.2) is 23.9 Å². The quantitative estimate of drug-likeness (QED) is 0.844. The molecular formula is C14H16ClNO2. The van der Waals surface area contributed by atoms with Gasteiger partial charge in [-0.1, -0.05) is 11.6 Å². The molecule has 96 valence electrons. The second-order valence-corrected chi connectivity index (χ2v) is 4.61. The van der Waals surface area contributed by atoms with Crippen LogP contribution < -0.4 is 0 Å². The number of amides is 1. The van der Waals surface area contributed by atoms with Gasteiger partial charge in [0.05, 0.1) is 0 Å². The van der Waals surface area contributed by atoms with Crippen LogP contribution in [0.5, 0.6) is 0 Å². The molecule has 0 atom stereocenters. The maximum Gasteiger partial charge on any atom is 0.289 e. The Labute approximate surface area is 111 Å². The molecule has 3 nitrogen and oxygen atoms in total. The van der Waals surface area contributed by atoms with Crippen molar-refractivity contribution >= 4 is 28.5 Å². The molecule has 0 aliphatic heterocycles. The van der Waals surface area contributed by atoms with Gasteiger partial charge in [0.15, 0.2) is 5.76 Å². The molecule has 0 aliphatic rings. The fraction of sp³-hybridized carbons (Fsp3) is 0.357. The molecule has 0 bridgehead atoms. The Hall–Kier alpha value is -1.48. The number of furan rings is 1. The Balaban J connectivity index is 2.52. The number of nitrogens with zero attached hydrogens (tertiary/aromatic N) is 1. The van der Waals surface area contributed by atoms with Gasteiger partial charge in [-0.15, -0.1) is 0 Å². The zero-order valence-corrected chi connectivity index (χ0v) is 11.5. The summed E-state index contributed by atoms with van der Waals surface area (Å²) in [6.07, 6.45) is 0. The van der Waals surface area contributed by atoms with Gasteiger partial charge in [0.25, 0.3) is 5.91 Å². The Kier molecular flexibility index (Phi) is 3.62. The highest BCUT2D eigenvalue weighted by atomic mass is 35.5. The van der Waals surface area contributed by atoms with Crippen LogP contribution in [0.3, 0.4) is 0 Å². The number of hydrogen-bond acceptors (Lipinski definition) is 2. The van der Waals surface area contributed by atoms with E-state index in [1.165, 1.54) is 0 Å². The van der Waals surface area contributed by atoms with Gasteiger partial charge in [0.2, 0.25) is 0 Å². The van der Waals surface area contributed by atoms with Gasteiger partial charge in [-0.3, -0.25) is 4.79 Å². The lowest BCUT2D eigenvalue weighted by Crippen LogP contribution is -2.30. The lowest BCUT2D eigenvalue weighted by molar-refractivity contribution is 0.0742. The zero-order chi connectivity index (χ0) is 13.3. The molecule has 18 heavy (non-hydrogen) atoms. The smallest absolute Gasteiger partial charge is 0.289 e. The first kappa shape index (κ1) is 13.0. The van der Waals surface area contributed by atoms with E-state index in [1.54, 1.807) is 17.0 Å². The molecule has 0 spiro atoms. The highest BCUT2D eigenvalue weighted by molar-refractivity contribution is 6.31. The molecule has 1 aromatic heterocycles. The van der Waals surface area contributed by atoms with Gasteiger partial charge in [0, 0.05) is 29.1 Å². The lowest BCUT2D eigenvalue weighted by Gasteiger charge is -2.17. The lowest BCUT2D eigenvalue weighted by atomic mass is 10.1. The fourth-order valence-electron chi connectivity index (χ4n) is 2.05.